The molecular weight excluding hydrogens is 272 g/mol. The van der Waals surface area contributed by atoms with E-state index in [4.69, 9.17) is 0 Å². The first-order chi connectivity index (χ1) is 10.2. The summed E-state index contributed by atoms with van der Waals surface area (Å²) in [6.45, 7) is 0.955. The van der Waals surface area contributed by atoms with Gasteiger partial charge in [-0.3, -0.25) is 0 Å². The second-order valence-electron chi connectivity index (χ2n) is 5.23. The molecule has 0 fully saturated rings. The first-order valence-corrected chi connectivity index (χ1v) is 6.93. The summed E-state index contributed by atoms with van der Waals surface area (Å²) in [6, 6.07) is 8.05. The Hall–Kier alpha value is -2.43. The van der Waals surface area contributed by atoms with E-state index in [-0.39, 0.29) is 5.52 Å². The number of benzene rings is 2. The summed E-state index contributed by atoms with van der Waals surface area (Å²) >= 11 is 0. The fourth-order valence-electron chi connectivity index (χ4n) is 2.90. The van der Waals surface area contributed by atoms with Gasteiger partial charge in [0, 0.05) is 23.9 Å². The van der Waals surface area contributed by atoms with Gasteiger partial charge in [0.25, 0.3) is 0 Å². The Morgan fingerprint density at radius 2 is 2.05 bits per heavy atom. The van der Waals surface area contributed by atoms with Gasteiger partial charge in [0.15, 0.2) is 5.82 Å². The molecule has 2 N–H and O–H groups in total. The van der Waals surface area contributed by atoms with Crippen molar-refractivity contribution >= 4 is 16.7 Å². The van der Waals surface area contributed by atoms with Gasteiger partial charge in [-0.05, 0) is 30.5 Å². The average molecular weight is 285 g/mol. The molecule has 0 spiro atoms. The number of aromatic amines is 1. The highest BCUT2D eigenvalue weighted by molar-refractivity contribution is 5.82. The lowest BCUT2D eigenvalue weighted by atomic mass is 9.97. The molecule has 5 heteroatoms. The number of nitrogens with zero attached hydrogens (tertiary/aromatic N) is 1. The van der Waals surface area contributed by atoms with Crippen LogP contribution in [-0.2, 0) is 6.42 Å². The van der Waals surface area contributed by atoms with Crippen LogP contribution >= 0.6 is 0 Å². The third kappa shape index (κ3) is 1.96. The van der Waals surface area contributed by atoms with Crippen molar-refractivity contribution in [3.8, 4) is 11.4 Å². The largest absolute Gasteiger partial charge is 0.385 e. The van der Waals surface area contributed by atoms with E-state index in [1.54, 1.807) is 0 Å². The van der Waals surface area contributed by atoms with E-state index in [1.165, 1.54) is 11.6 Å². The van der Waals surface area contributed by atoms with E-state index >= 15 is 0 Å². The maximum Gasteiger partial charge on any atom is 0.153 e. The van der Waals surface area contributed by atoms with E-state index < -0.39 is 11.6 Å². The van der Waals surface area contributed by atoms with Crippen LogP contribution in [0, 0.1) is 11.6 Å². The second-order valence-corrected chi connectivity index (χ2v) is 5.23. The zero-order valence-corrected chi connectivity index (χ0v) is 11.2. The minimum atomic E-state index is -0.643. The number of hydrogen-bond donors (Lipinski definition) is 2. The highest BCUT2D eigenvalue weighted by Crippen LogP contribution is 2.32. The molecule has 0 aliphatic carbocycles. The van der Waals surface area contributed by atoms with E-state index in [1.807, 2.05) is 18.2 Å². The zero-order chi connectivity index (χ0) is 14.4. The number of rotatable bonds is 1. The van der Waals surface area contributed by atoms with E-state index in [9.17, 15) is 8.78 Å². The first kappa shape index (κ1) is 12.3. The molecular formula is C16H13F2N3. The fourth-order valence-corrected chi connectivity index (χ4v) is 2.90. The van der Waals surface area contributed by atoms with Gasteiger partial charge in [-0.2, -0.15) is 0 Å². The molecule has 0 saturated carbocycles. The van der Waals surface area contributed by atoms with Gasteiger partial charge < -0.3 is 10.3 Å². The molecule has 3 nitrogen and oxygen atoms in total. The monoisotopic (exact) mass is 285 g/mol. The molecule has 0 atom stereocenters. The summed E-state index contributed by atoms with van der Waals surface area (Å²) in [6.07, 6.45) is 2.00. The molecule has 1 aliphatic rings. The number of imidazole rings is 1. The molecule has 0 unspecified atom stereocenters. The summed E-state index contributed by atoms with van der Waals surface area (Å²) in [5.41, 5.74) is 3.75. The molecule has 1 aromatic heterocycles. The third-order valence-electron chi connectivity index (χ3n) is 3.86. The van der Waals surface area contributed by atoms with Crippen molar-refractivity contribution in [2.75, 3.05) is 11.9 Å². The first-order valence-electron chi connectivity index (χ1n) is 6.93. The number of halogens is 2. The second kappa shape index (κ2) is 4.55. The van der Waals surface area contributed by atoms with Gasteiger partial charge in [0.05, 0.1) is 5.52 Å². The van der Waals surface area contributed by atoms with Crippen LogP contribution in [0.1, 0.15) is 12.0 Å². The highest BCUT2D eigenvalue weighted by Gasteiger charge is 2.17. The lowest BCUT2D eigenvalue weighted by Gasteiger charge is -2.20. The SMILES string of the molecule is Fc1cc(F)c2nc(-c3cccc4c3CCCN4)[nH]c2c1. The molecule has 2 heterocycles. The van der Waals surface area contributed by atoms with E-state index in [0.717, 1.165) is 36.7 Å². The number of fused-ring (bicyclic) bond motifs is 2. The fraction of sp³-hybridized carbons (Fsp3) is 0.188. The van der Waals surface area contributed by atoms with Gasteiger partial charge in [-0.25, -0.2) is 13.8 Å². The van der Waals surface area contributed by atoms with Crippen LogP contribution in [0.2, 0.25) is 0 Å². The van der Waals surface area contributed by atoms with Crippen LogP contribution in [0.4, 0.5) is 14.5 Å². The van der Waals surface area contributed by atoms with Crippen LogP contribution in [0.15, 0.2) is 30.3 Å². The average Bonchev–Trinajstić information content (AvgIpc) is 2.90. The molecule has 0 radical (unpaired) electrons. The molecule has 3 aromatic rings. The van der Waals surface area contributed by atoms with Crippen LogP contribution in [0.25, 0.3) is 22.4 Å². The quantitative estimate of drug-likeness (QED) is 0.712. The smallest absolute Gasteiger partial charge is 0.153 e. The number of nitrogens with one attached hydrogen (secondary N) is 2. The normalized spacial score (nSPS) is 14.0. The molecule has 1 aliphatic heterocycles. The summed E-state index contributed by atoms with van der Waals surface area (Å²) in [4.78, 5) is 7.33. The van der Waals surface area contributed by atoms with Gasteiger partial charge in [-0.1, -0.05) is 12.1 Å². The topological polar surface area (TPSA) is 40.7 Å². The van der Waals surface area contributed by atoms with Gasteiger partial charge >= 0.3 is 0 Å². The predicted octanol–water partition coefficient (Wildman–Crippen LogP) is 3.87. The number of H-pyrrole nitrogens is 1. The Labute approximate surface area is 120 Å². The zero-order valence-electron chi connectivity index (χ0n) is 11.2. The lowest BCUT2D eigenvalue weighted by Crippen LogP contribution is -2.12. The molecule has 0 amide bonds. The van der Waals surface area contributed by atoms with Gasteiger partial charge in [-0.15, -0.1) is 0 Å². The number of hydrogen-bond acceptors (Lipinski definition) is 2. The standard InChI is InChI=1S/C16H13F2N3/c17-9-7-12(18)15-14(8-9)20-16(21-15)11-3-1-5-13-10(11)4-2-6-19-13/h1,3,5,7-8,19H,2,4,6H2,(H,20,21). The van der Waals surface area contributed by atoms with Crippen molar-refractivity contribution in [3.63, 3.8) is 0 Å². The molecule has 2 aromatic carbocycles. The molecule has 106 valence electrons. The Morgan fingerprint density at radius 1 is 1.14 bits per heavy atom. The van der Waals surface area contributed by atoms with Gasteiger partial charge in [0.1, 0.15) is 17.2 Å². The minimum Gasteiger partial charge on any atom is -0.385 e. The van der Waals surface area contributed by atoms with Crippen LogP contribution in [-0.4, -0.2) is 16.5 Å². The Balaban J connectivity index is 1.93. The number of aromatic nitrogens is 2. The van der Waals surface area contributed by atoms with Crippen LogP contribution in [0.5, 0.6) is 0 Å². The third-order valence-corrected chi connectivity index (χ3v) is 3.86. The highest BCUT2D eigenvalue weighted by atomic mass is 19.1. The van der Waals surface area contributed by atoms with Crippen molar-refractivity contribution < 1.29 is 8.78 Å². The van der Waals surface area contributed by atoms with Gasteiger partial charge in [0.2, 0.25) is 0 Å². The molecule has 21 heavy (non-hydrogen) atoms. The van der Waals surface area contributed by atoms with Crippen LogP contribution < -0.4 is 5.32 Å². The summed E-state index contributed by atoms with van der Waals surface area (Å²) < 4.78 is 27.1. The Morgan fingerprint density at radius 3 is 2.95 bits per heavy atom. The summed E-state index contributed by atoms with van der Waals surface area (Å²) in [7, 11) is 0. The predicted molar refractivity (Wildman–Crippen MR) is 78.3 cm³/mol. The van der Waals surface area contributed by atoms with Crippen molar-refractivity contribution in [3.05, 3.63) is 47.5 Å². The molecule has 4 rings (SSSR count). The number of anilines is 1. The van der Waals surface area contributed by atoms with E-state index in [2.05, 4.69) is 15.3 Å². The van der Waals surface area contributed by atoms with Crippen molar-refractivity contribution in [2.45, 2.75) is 12.8 Å². The van der Waals surface area contributed by atoms with Crippen molar-refractivity contribution in [1.82, 2.24) is 9.97 Å². The maximum absolute atomic E-state index is 13.8. The lowest BCUT2D eigenvalue weighted by molar-refractivity contribution is 0.591. The summed E-state index contributed by atoms with van der Waals surface area (Å²) in [5, 5.41) is 3.35. The molecule has 0 bridgehead atoms. The minimum absolute atomic E-state index is 0.174. The Kier molecular flexibility index (Phi) is 2.67. The van der Waals surface area contributed by atoms with Crippen LogP contribution in [0.3, 0.4) is 0 Å². The van der Waals surface area contributed by atoms with Crippen molar-refractivity contribution in [2.24, 2.45) is 0 Å². The Bertz CT molecular complexity index is 839. The maximum atomic E-state index is 13.8. The van der Waals surface area contributed by atoms with Crippen molar-refractivity contribution in [1.29, 1.82) is 0 Å². The molecule has 0 saturated heterocycles. The van der Waals surface area contributed by atoms with E-state index in [0.29, 0.717) is 11.3 Å². The summed E-state index contributed by atoms with van der Waals surface area (Å²) in [5.74, 6) is -0.669.